The number of hydrogen-bond acceptors (Lipinski definition) is 10. The number of unbranched alkanes of at least 4 members (excludes halogenated alkanes) is 2. The van der Waals surface area contributed by atoms with Crippen LogP contribution in [0.2, 0.25) is 0 Å². The highest BCUT2D eigenvalue weighted by molar-refractivity contribution is 7.13. The maximum atomic E-state index is 13.3. The molecule has 1 aliphatic heterocycles. The Labute approximate surface area is 328 Å². The predicted octanol–water partition coefficient (Wildman–Crippen LogP) is 4.67. The fourth-order valence-corrected chi connectivity index (χ4v) is 6.93. The number of aryl methyl sites for hydroxylation is 1. The van der Waals surface area contributed by atoms with Crippen LogP contribution in [0, 0.1) is 5.92 Å². The number of amides is 6. The standard InChI is InChI=1S/C39H59N9O6S/c1-5-19-48(20-6-2)37(51)27-21-32-31(46-33(40)22-27)23-29(55-32)11-8-7-9-17-44-39(53)54-24-26-13-15-28(16-14-26)45-35(49)30(12-10-18-43-38(42)52)47-36(50)34(41)25(3)4/h13-16,21,23,25,30,34H,5-12,17-20,22,24,41H2,1-4H3,(H2,40,46)(H,44,53)(H,45,49)(H,47,50)(H3,42,43,52)/t30-,34-/m0/s1. The Bertz CT molecular complexity index is 1650. The van der Waals surface area contributed by atoms with E-state index in [1.54, 1.807) is 35.6 Å². The predicted molar refractivity (Wildman–Crippen MR) is 218 cm³/mol. The lowest BCUT2D eigenvalue weighted by Crippen LogP contribution is -2.51. The van der Waals surface area contributed by atoms with Gasteiger partial charge in [-0.2, -0.15) is 0 Å². The summed E-state index contributed by atoms with van der Waals surface area (Å²) in [6.45, 7) is 9.98. The molecular formula is C39H59N9O6S. The molecule has 0 saturated carbocycles. The molecule has 0 aliphatic carbocycles. The number of primary amides is 1. The van der Waals surface area contributed by atoms with E-state index in [-0.39, 0.29) is 31.4 Å². The second-order valence-corrected chi connectivity index (χ2v) is 15.1. The monoisotopic (exact) mass is 781 g/mol. The van der Waals surface area contributed by atoms with Gasteiger partial charge in [0.2, 0.25) is 17.7 Å². The number of nitrogens with zero attached hydrogens (tertiary/aromatic N) is 2. The van der Waals surface area contributed by atoms with E-state index in [0.29, 0.717) is 36.5 Å². The highest BCUT2D eigenvalue weighted by Gasteiger charge is 2.26. The number of carbonyl (C=O) groups is 5. The first-order valence-corrected chi connectivity index (χ1v) is 20.0. The van der Waals surface area contributed by atoms with E-state index >= 15 is 0 Å². The highest BCUT2D eigenvalue weighted by Crippen LogP contribution is 2.35. The molecule has 0 radical (unpaired) electrons. The van der Waals surface area contributed by atoms with Crippen LogP contribution in [-0.2, 0) is 32.1 Å². The van der Waals surface area contributed by atoms with Crippen molar-refractivity contribution in [2.45, 2.75) is 104 Å². The summed E-state index contributed by atoms with van der Waals surface area (Å²) in [5, 5.41) is 10.8. The van der Waals surface area contributed by atoms with Crippen LogP contribution in [0.5, 0.6) is 0 Å². The SMILES string of the molecule is CCCN(CCC)C(=O)C1=Cc2sc(CCCCCNC(=O)OCc3ccc(NC(=O)[C@H](CCCNC(N)=O)NC(=O)[C@@H](N)C(C)C)cc3)cc2N=C(N)C1. The molecule has 55 heavy (non-hydrogen) atoms. The molecule has 2 aromatic rings. The van der Waals surface area contributed by atoms with Crippen LogP contribution in [-0.4, -0.2) is 78.8 Å². The molecule has 0 unspecified atom stereocenters. The quantitative estimate of drug-likeness (QED) is 0.0828. The molecule has 0 saturated heterocycles. The minimum Gasteiger partial charge on any atom is -0.445 e. The van der Waals surface area contributed by atoms with E-state index < -0.39 is 36.0 Å². The van der Waals surface area contributed by atoms with Crippen molar-refractivity contribution in [3.8, 4) is 0 Å². The molecular weight excluding hydrogens is 723 g/mol. The zero-order valence-electron chi connectivity index (χ0n) is 32.6. The number of benzene rings is 1. The second kappa shape index (κ2) is 23.1. The Kier molecular flexibility index (Phi) is 18.6. The van der Waals surface area contributed by atoms with Crippen molar-refractivity contribution in [3.63, 3.8) is 0 Å². The Balaban J connectivity index is 1.40. The summed E-state index contributed by atoms with van der Waals surface area (Å²) in [6.07, 6.45) is 7.73. The van der Waals surface area contributed by atoms with Crippen molar-refractivity contribution >= 4 is 64.5 Å². The minimum atomic E-state index is -0.880. The van der Waals surface area contributed by atoms with E-state index in [1.807, 2.05) is 24.8 Å². The van der Waals surface area contributed by atoms with E-state index in [9.17, 15) is 24.0 Å². The van der Waals surface area contributed by atoms with Gasteiger partial charge in [-0.3, -0.25) is 14.4 Å². The van der Waals surface area contributed by atoms with Crippen molar-refractivity contribution in [1.29, 1.82) is 0 Å². The van der Waals surface area contributed by atoms with Crippen molar-refractivity contribution < 1.29 is 28.7 Å². The van der Waals surface area contributed by atoms with Gasteiger partial charge in [-0.25, -0.2) is 14.6 Å². The topological polar surface area (TPSA) is 236 Å². The van der Waals surface area contributed by atoms with E-state index in [4.69, 9.17) is 21.9 Å². The van der Waals surface area contributed by atoms with Gasteiger partial charge in [0.25, 0.3) is 0 Å². The van der Waals surface area contributed by atoms with Crippen molar-refractivity contribution in [3.05, 3.63) is 51.2 Å². The molecule has 15 nitrogen and oxygen atoms in total. The molecule has 16 heteroatoms. The van der Waals surface area contributed by atoms with Gasteiger partial charge >= 0.3 is 12.1 Å². The number of nitrogens with one attached hydrogen (secondary N) is 4. The zero-order chi connectivity index (χ0) is 40.3. The van der Waals surface area contributed by atoms with Gasteiger partial charge < -0.3 is 48.1 Å². The van der Waals surface area contributed by atoms with E-state index in [1.165, 1.54) is 4.88 Å². The van der Waals surface area contributed by atoms with Crippen molar-refractivity contribution in [1.82, 2.24) is 20.9 Å². The number of nitrogens with two attached hydrogens (primary N) is 3. The Morgan fingerprint density at radius 3 is 2.29 bits per heavy atom. The first-order valence-electron chi connectivity index (χ1n) is 19.2. The Hall–Kier alpha value is -4.96. The lowest BCUT2D eigenvalue weighted by Gasteiger charge is -2.22. The van der Waals surface area contributed by atoms with Crippen molar-refractivity contribution in [2.24, 2.45) is 28.1 Å². The summed E-state index contributed by atoms with van der Waals surface area (Å²) in [5.74, 6) is -0.522. The van der Waals surface area contributed by atoms with E-state index in [2.05, 4.69) is 46.2 Å². The average Bonchev–Trinajstić information content (AvgIpc) is 3.44. The number of aliphatic imine (C=N–C) groups is 1. The molecule has 0 bridgehead atoms. The molecule has 2 heterocycles. The number of carbonyl (C=O) groups excluding carboxylic acids is 5. The van der Waals surface area contributed by atoms with Crippen molar-refractivity contribution in [2.75, 3.05) is 31.5 Å². The van der Waals surface area contributed by atoms with Crippen LogP contribution in [0.25, 0.3) is 6.08 Å². The summed E-state index contributed by atoms with van der Waals surface area (Å²) in [4.78, 5) is 70.9. The van der Waals surface area contributed by atoms with Crippen LogP contribution >= 0.6 is 11.3 Å². The smallest absolute Gasteiger partial charge is 0.407 e. The number of hydrogen-bond donors (Lipinski definition) is 7. The number of fused-ring (bicyclic) bond motifs is 1. The van der Waals surface area contributed by atoms with Gasteiger partial charge in [-0.05, 0) is 80.7 Å². The number of amidine groups is 1. The minimum absolute atomic E-state index is 0.0292. The molecule has 2 atom stereocenters. The van der Waals surface area contributed by atoms with Crippen LogP contribution in [0.4, 0.5) is 21.0 Å². The Morgan fingerprint density at radius 2 is 1.64 bits per heavy atom. The van der Waals surface area contributed by atoms with Crippen LogP contribution in [0.3, 0.4) is 0 Å². The van der Waals surface area contributed by atoms with Gasteiger partial charge in [-0.1, -0.05) is 46.2 Å². The fourth-order valence-electron chi connectivity index (χ4n) is 5.82. The second-order valence-electron chi connectivity index (χ2n) is 14.0. The molecule has 1 aromatic carbocycles. The summed E-state index contributed by atoms with van der Waals surface area (Å²) in [7, 11) is 0. The number of urea groups is 1. The van der Waals surface area contributed by atoms with Crippen LogP contribution in [0.15, 0.2) is 40.9 Å². The third-order valence-corrected chi connectivity index (χ3v) is 10.00. The first kappa shape index (κ1) is 44.4. The normalized spacial score (nSPS) is 13.3. The maximum Gasteiger partial charge on any atom is 0.407 e. The molecule has 10 N–H and O–H groups in total. The molecule has 1 aliphatic rings. The first-order chi connectivity index (χ1) is 26.3. The summed E-state index contributed by atoms with van der Waals surface area (Å²) in [5.41, 5.74) is 20.0. The molecule has 0 spiro atoms. The van der Waals surface area contributed by atoms with Crippen LogP contribution < -0.4 is 38.5 Å². The van der Waals surface area contributed by atoms with Gasteiger partial charge in [0.15, 0.2) is 0 Å². The summed E-state index contributed by atoms with van der Waals surface area (Å²) >= 11 is 1.64. The number of alkyl carbamates (subject to hydrolysis) is 1. The molecule has 302 valence electrons. The van der Waals surface area contributed by atoms with Gasteiger partial charge in [0.05, 0.1) is 16.6 Å². The molecule has 0 fully saturated rings. The molecule has 6 amide bonds. The number of rotatable bonds is 22. The third kappa shape index (κ3) is 15.4. The van der Waals surface area contributed by atoms with Gasteiger partial charge in [0, 0.05) is 48.7 Å². The Morgan fingerprint density at radius 1 is 0.945 bits per heavy atom. The lowest BCUT2D eigenvalue weighted by atomic mass is 10.0. The number of anilines is 1. The number of thiophene rings is 1. The summed E-state index contributed by atoms with van der Waals surface area (Å²) < 4.78 is 5.36. The zero-order valence-corrected chi connectivity index (χ0v) is 33.4. The molecule has 3 rings (SSSR count). The molecule has 1 aromatic heterocycles. The fraction of sp³-hybridized carbons (Fsp3) is 0.538. The number of ether oxygens (including phenoxy) is 1. The largest absolute Gasteiger partial charge is 0.445 e. The average molecular weight is 782 g/mol. The van der Waals surface area contributed by atoms with Gasteiger partial charge in [-0.15, -0.1) is 11.3 Å². The summed E-state index contributed by atoms with van der Waals surface area (Å²) in [6, 6.07) is 6.54. The third-order valence-electron chi connectivity index (χ3n) is 8.86. The lowest BCUT2D eigenvalue weighted by molar-refractivity contribution is -0.128. The highest BCUT2D eigenvalue weighted by atomic mass is 32.1. The van der Waals surface area contributed by atoms with Crippen LogP contribution in [0.1, 0.15) is 94.4 Å². The maximum absolute atomic E-state index is 13.3. The van der Waals surface area contributed by atoms with Gasteiger partial charge in [0.1, 0.15) is 18.5 Å². The van der Waals surface area contributed by atoms with E-state index in [0.717, 1.165) is 67.7 Å².